The van der Waals surface area contributed by atoms with Crippen LogP contribution >= 0.6 is 0 Å². The molecule has 4 aromatic rings. The van der Waals surface area contributed by atoms with Crippen LogP contribution in [0, 0.1) is 19.3 Å². The second-order valence-corrected chi connectivity index (χ2v) is 8.77. The Morgan fingerprint density at radius 1 is 1.03 bits per heavy atom. The molecule has 192 valence electrons. The molecular weight excluding hydrogens is 466 g/mol. The minimum atomic E-state index is -0.314. The normalized spacial score (nSPS) is 12.1. The monoisotopic (exact) mass is 499 g/mol. The summed E-state index contributed by atoms with van der Waals surface area (Å²) in [5.74, 6) is 2.13. The number of aliphatic imine (C=N–C) groups is 1. The predicted molar refractivity (Wildman–Crippen MR) is 148 cm³/mol. The third-order valence-corrected chi connectivity index (χ3v) is 6.21. The zero-order valence-electron chi connectivity index (χ0n) is 22.0. The van der Waals surface area contributed by atoms with Crippen molar-refractivity contribution in [1.82, 2.24) is 19.5 Å². The van der Waals surface area contributed by atoms with Crippen LogP contribution < -0.4 is 14.4 Å². The van der Waals surface area contributed by atoms with Crippen LogP contribution in [-0.2, 0) is 6.54 Å². The van der Waals surface area contributed by atoms with E-state index in [4.69, 9.17) is 19.9 Å². The van der Waals surface area contributed by atoms with Crippen LogP contribution in [0.5, 0.6) is 11.5 Å². The summed E-state index contributed by atoms with van der Waals surface area (Å²) in [5.41, 5.74) is 5.18. The average molecular weight is 500 g/mol. The number of nitrogens with zero attached hydrogens (tertiary/aromatic N) is 6. The summed E-state index contributed by atoms with van der Waals surface area (Å²) in [6.07, 6.45) is 7.70. The average Bonchev–Trinajstić information content (AvgIpc) is 3.24. The van der Waals surface area contributed by atoms with Crippen LogP contribution in [-0.4, -0.2) is 59.8 Å². The molecule has 1 atom stereocenters. The van der Waals surface area contributed by atoms with Crippen LogP contribution in [0.1, 0.15) is 29.6 Å². The molecule has 1 N–H and O–H groups in total. The Morgan fingerprint density at radius 2 is 1.78 bits per heavy atom. The van der Waals surface area contributed by atoms with Gasteiger partial charge in [0, 0.05) is 68.3 Å². The molecule has 0 aliphatic heterocycles. The number of hydrogen-bond donors (Lipinski definition) is 1. The Labute approximate surface area is 217 Å². The van der Waals surface area contributed by atoms with Gasteiger partial charge in [0.1, 0.15) is 17.3 Å². The molecule has 0 aliphatic rings. The molecule has 9 heteroatoms. The number of hydrogen-bond acceptors (Lipinski definition) is 8. The predicted octanol–water partition coefficient (Wildman–Crippen LogP) is 5.12. The SMILES string of the molecule is CN=CC(C=N)c1cnc2ccc(N(CCCn3cc(C)nc3C)c3cc(OC)cc(OC)c3)cc2n1. The molecular formula is C28H33N7O2. The molecule has 2 aromatic heterocycles. The highest BCUT2D eigenvalue weighted by atomic mass is 16.5. The van der Waals surface area contributed by atoms with Gasteiger partial charge in [-0.1, -0.05) is 0 Å². The van der Waals surface area contributed by atoms with Crippen LogP contribution in [0.2, 0.25) is 0 Å². The summed E-state index contributed by atoms with van der Waals surface area (Å²) >= 11 is 0. The Kier molecular flexibility index (Phi) is 8.12. The standard InChI is InChI=1S/C28H33N7O2/c1-19-18-34(20(2)32-19)9-6-10-35(23-11-24(36-4)14-25(12-23)37-5)22-7-8-26-27(13-22)33-28(17-31-26)21(15-29)16-30-3/h7-8,11-18,21,29H,6,9-10H2,1-5H3. The first-order valence-corrected chi connectivity index (χ1v) is 12.2. The van der Waals surface area contributed by atoms with Gasteiger partial charge in [0.2, 0.25) is 0 Å². The van der Waals surface area contributed by atoms with E-state index < -0.39 is 0 Å². The second-order valence-electron chi connectivity index (χ2n) is 8.77. The Morgan fingerprint density at radius 3 is 2.41 bits per heavy atom. The third-order valence-electron chi connectivity index (χ3n) is 6.21. The fourth-order valence-electron chi connectivity index (χ4n) is 4.36. The number of methoxy groups -OCH3 is 2. The van der Waals surface area contributed by atoms with Crippen molar-refractivity contribution < 1.29 is 9.47 Å². The molecule has 0 saturated heterocycles. The first kappa shape index (κ1) is 25.8. The fourth-order valence-corrected chi connectivity index (χ4v) is 4.36. The topological polar surface area (TPSA) is 102 Å². The molecule has 37 heavy (non-hydrogen) atoms. The van der Waals surface area contributed by atoms with Gasteiger partial charge in [-0.3, -0.25) is 9.98 Å². The number of ether oxygens (including phenoxy) is 2. The van der Waals surface area contributed by atoms with Crippen molar-refractivity contribution in [3.05, 3.63) is 66.0 Å². The molecule has 0 aliphatic carbocycles. The van der Waals surface area contributed by atoms with Gasteiger partial charge in [0.15, 0.2) is 0 Å². The van der Waals surface area contributed by atoms with Crippen molar-refractivity contribution in [3.8, 4) is 11.5 Å². The van der Waals surface area contributed by atoms with Crippen LogP contribution in [0.3, 0.4) is 0 Å². The molecule has 0 amide bonds. The van der Waals surface area contributed by atoms with Crippen molar-refractivity contribution in [3.63, 3.8) is 0 Å². The smallest absolute Gasteiger partial charge is 0.124 e. The molecule has 0 radical (unpaired) electrons. The lowest BCUT2D eigenvalue weighted by Crippen LogP contribution is -2.20. The molecule has 0 bridgehead atoms. The number of aryl methyl sites for hydroxylation is 3. The molecule has 0 spiro atoms. The number of anilines is 2. The first-order valence-electron chi connectivity index (χ1n) is 12.2. The van der Waals surface area contributed by atoms with Crippen molar-refractivity contribution in [2.24, 2.45) is 4.99 Å². The second kappa shape index (κ2) is 11.6. The summed E-state index contributed by atoms with van der Waals surface area (Å²) in [6.45, 7) is 5.64. The summed E-state index contributed by atoms with van der Waals surface area (Å²) in [5, 5.41) is 7.75. The lowest BCUT2D eigenvalue weighted by atomic mass is 10.1. The molecule has 9 nitrogen and oxygen atoms in total. The van der Waals surface area contributed by atoms with Crippen LogP contribution in [0.15, 0.2) is 53.8 Å². The zero-order valence-corrected chi connectivity index (χ0v) is 22.0. The van der Waals surface area contributed by atoms with E-state index >= 15 is 0 Å². The van der Waals surface area contributed by atoms with Gasteiger partial charge in [-0.05, 0) is 38.5 Å². The Hall–Kier alpha value is -4.27. The molecule has 2 heterocycles. The van der Waals surface area contributed by atoms with Crippen molar-refractivity contribution in [2.75, 3.05) is 32.7 Å². The fraction of sp³-hybridized carbons (Fsp3) is 0.321. The molecule has 2 aromatic carbocycles. The van der Waals surface area contributed by atoms with E-state index in [1.807, 2.05) is 44.2 Å². The van der Waals surface area contributed by atoms with Gasteiger partial charge in [-0.2, -0.15) is 0 Å². The third kappa shape index (κ3) is 5.94. The maximum absolute atomic E-state index is 7.75. The minimum Gasteiger partial charge on any atom is -0.497 e. The van der Waals surface area contributed by atoms with Gasteiger partial charge in [-0.15, -0.1) is 0 Å². The lowest BCUT2D eigenvalue weighted by molar-refractivity contribution is 0.394. The van der Waals surface area contributed by atoms with Gasteiger partial charge in [0.25, 0.3) is 0 Å². The largest absolute Gasteiger partial charge is 0.497 e. The highest BCUT2D eigenvalue weighted by Crippen LogP contribution is 2.34. The maximum Gasteiger partial charge on any atom is 0.124 e. The summed E-state index contributed by atoms with van der Waals surface area (Å²) in [4.78, 5) is 20.2. The van der Waals surface area contributed by atoms with Crippen molar-refractivity contribution in [1.29, 1.82) is 5.41 Å². The molecule has 4 rings (SSSR count). The Balaban J connectivity index is 1.73. The van der Waals surface area contributed by atoms with Crippen LogP contribution in [0.4, 0.5) is 11.4 Å². The quantitative estimate of drug-likeness (QED) is 0.287. The van der Waals surface area contributed by atoms with Gasteiger partial charge in [0.05, 0.1) is 48.8 Å². The number of fused-ring (bicyclic) bond motifs is 1. The van der Waals surface area contributed by atoms with E-state index in [2.05, 4.69) is 36.7 Å². The van der Waals surface area contributed by atoms with Gasteiger partial charge >= 0.3 is 0 Å². The minimum absolute atomic E-state index is 0.314. The summed E-state index contributed by atoms with van der Waals surface area (Å²) in [6, 6.07) is 11.9. The first-order chi connectivity index (χ1) is 17.9. The number of benzene rings is 2. The van der Waals surface area contributed by atoms with Crippen molar-refractivity contribution in [2.45, 2.75) is 32.7 Å². The van der Waals surface area contributed by atoms with E-state index in [9.17, 15) is 0 Å². The number of aromatic nitrogens is 4. The summed E-state index contributed by atoms with van der Waals surface area (Å²) in [7, 11) is 5.00. The van der Waals surface area contributed by atoms with Crippen molar-refractivity contribution >= 4 is 34.8 Å². The van der Waals surface area contributed by atoms with E-state index in [0.717, 1.165) is 64.9 Å². The Bertz CT molecular complexity index is 1390. The lowest BCUT2D eigenvalue weighted by Gasteiger charge is -2.26. The van der Waals surface area contributed by atoms with Gasteiger partial charge < -0.3 is 24.4 Å². The molecule has 1 unspecified atom stereocenters. The maximum atomic E-state index is 7.75. The van der Waals surface area contributed by atoms with Gasteiger partial charge in [-0.25, -0.2) is 9.97 Å². The van der Waals surface area contributed by atoms with E-state index in [0.29, 0.717) is 5.69 Å². The number of nitrogens with one attached hydrogen (secondary N) is 1. The molecule has 0 saturated carbocycles. The van der Waals surface area contributed by atoms with E-state index in [-0.39, 0.29) is 5.92 Å². The highest BCUT2D eigenvalue weighted by Gasteiger charge is 2.15. The van der Waals surface area contributed by atoms with Crippen LogP contribution in [0.25, 0.3) is 11.0 Å². The summed E-state index contributed by atoms with van der Waals surface area (Å²) < 4.78 is 13.3. The van der Waals surface area contributed by atoms with E-state index in [1.165, 1.54) is 6.21 Å². The number of rotatable bonds is 11. The number of imidazole rings is 1. The highest BCUT2D eigenvalue weighted by molar-refractivity contribution is 5.89. The van der Waals surface area contributed by atoms with E-state index in [1.54, 1.807) is 33.7 Å². The molecule has 0 fully saturated rings. The zero-order chi connectivity index (χ0) is 26.4.